The second kappa shape index (κ2) is 7.71. The monoisotopic (exact) mass is 289 g/mol. The molecular weight excluding hydrogens is 262 g/mol. The molecule has 0 amide bonds. The van der Waals surface area contributed by atoms with E-state index >= 15 is 0 Å². The summed E-state index contributed by atoms with van der Waals surface area (Å²) in [5.41, 5.74) is 3.14. The van der Waals surface area contributed by atoms with E-state index in [4.69, 9.17) is 4.74 Å². The highest BCUT2D eigenvalue weighted by atomic mass is 16.5. The molecule has 3 nitrogen and oxygen atoms in total. The fourth-order valence-electron chi connectivity index (χ4n) is 2.99. The number of benzene rings is 1. The Labute approximate surface area is 128 Å². The predicted molar refractivity (Wildman–Crippen MR) is 86.0 cm³/mol. The van der Waals surface area contributed by atoms with Crippen LogP contribution in [0.25, 0.3) is 0 Å². The van der Waals surface area contributed by atoms with Gasteiger partial charge in [0.05, 0.1) is 12.6 Å². The summed E-state index contributed by atoms with van der Waals surface area (Å²) < 4.78 is 5.84. The lowest BCUT2D eigenvalue weighted by molar-refractivity contribution is 0.00130. The van der Waals surface area contributed by atoms with E-state index in [1.165, 1.54) is 5.56 Å². The van der Waals surface area contributed by atoms with Crippen molar-refractivity contribution in [2.24, 2.45) is 0 Å². The first-order chi connectivity index (χ1) is 10.1. The van der Waals surface area contributed by atoms with E-state index in [-0.39, 0.29) is 5.78 Å². The first-order valence-corrected chi connectivity index (χ1v) is 8.04. The van der Waals surface area contributed by atoms with Crippen molar-refractivity contribution in [3.63, 3.8) is 0 Å². The SMILES string of the molecule is CCCOC1CCCN(CC(=O)c2ccc(C)cc2C)C1. The summed E-state index contributed by atoms with van der Waals surface area (Å²) in [5.74, 6) is 0.226. The normalized spacial score (nSPS) is 19.7. The van der Waals surface area contributed by atoms with Gasteiger partial charge in [0.25, 0.3) is 0 Å². The number of hydrogen-bond donors (Lipinski definition) is 0. The zero-order chi connectivity index (χ0) is 15.2. The number of ether oxygens (including phenoxy) is 1. The summed E-state index contributed by atoms with van der Waals surface area (Å²) in [6.45, 7) is 9.42. The summed E-state index contributed by atoms with van der Waals surface area (Å²) in [6, 6.07) is 6.06. The Hall–Kier alpha value is -1.19. The van der Waals surface area contributed by atoms with Gasteiger partial charge in [-0.05, 0) is 45.2 Å². The zero-order valence-corrected chi connectivity index (χ0v) is 13.5. The number of nitrogens with zero attached hydrogens (tertiary/aromatic N) is 1. The average molecular weight is 289 g/mol. The van der Waals surface area contributed by atoms with Gasteiger partial charge in [-0.3, -0.25) is 9.69 Å². The van der Waals surface area contributed by atoms with Crippen molar-refractivity contribution < 1.29 is 9.53 Å². The molecule has 1 aromatic carbocycles. The second-order valence-corrected chi connectivity index (χ2v) is 6.11. The Morgan fingerprint density at radius 1 is 1.38 bits per heavy atom. The maximum atomic E-state index is 12.5. The van der Waals surface area contributed by atoms with Crippen LogP contribution in [0.1, 0.15) is 47.7 Å². The number of rotatable bonds is 6. The number of aryl methyl sites for hydroxylation is 2. The average Bonchev–Trinajstić information content (AvgIpc) is 2.45. The Balaban J connectivity index is 1.92. The fourth-order valence-corrected chi connectivity index (χ4v) is 2.99. The molecule has 0 radical (unpaired) electrons. The third-order valence-corrected chi connectivity index (χ3v) is 4.07. The molecule has 2 rings (SSSR count). The van der Waals surface area contributed by atoms with Crippen LogP contribution in [0.3, 0.4) is 0 Å². The van der Waals surface area contributed by atoms with Crippen LogP contribution >= 0.6 is 0 Å². The van der Waals surface area contributed by atoms with Crippen LogP contribution in [-0.4, -0.2) is 43.0 Å². The summed E-state index contributed by atoms with van der Waals surface area (Å²) in [7, 11) is 0. The van der Waals surface area contributed by atoms with Gasteiger partial charge in [-0.1, -0.05) is 30.7 Å². The second-order valence-electron chi connectivity index (χ2n) is 6.11. The van der Waals surface area contributed by atoms with E-state index in [9.17, 15) is 4.79 Å². The maximum Gasteiger partial charge on any atom is 0.177 e. The first kappa shape index (κ1) is 16.2. The molecule has 116 valence electrons. The van der Waals surface area contributed by atoms with Crippen LogP contribution in [0.15, 0.2) is 18.2 Å². The molecule has 1 aromatic rings. The third-order valence-electron chi connectivity index (χ3n) is 4.07. The Bertz CT molecular complexity index is 484. The van der Waals surface area contributed by atoms with E-state index in [1.54, 1.807) is 0 Å². The van der Waals surface area contributed by atoms with Gasteiger partial charge in [-0.2, -0.15) is 0 Å². The highest BCUT2D eigenvalue weighted by molar-refractivity contribution is 5.99. The van der Waals surface area contributed by atoms with E-state index in [2.05, 4.69) is 24.8 Å². The standard InChI is InChI=1S/C18H27NO2/c1-4-10-21-16-6-5-9-19(12-16)13-18(20)17-8-7-14(2)11-15(17)3/h7-8,11,16H,4-6,9-10,12-13H2,1-3H3. The Morgan fingerprint density at radius 2 is 2.19 bits per heavy atom. The van der Waals surface area contributed by atoms with Gasteiger partial charge in [0, 0.05) is 18.7 Å². The minimum absolute atomic E-state index is 0.226. The highest BCUT2D eigenvalue weighted by Crippen LogP contribution is 2.16. The van der Waals surface area contributed by atoms with Crippen LogP contribution in [0.4, 0.5) is 0 Å². The number of hydrogen-bond acceptors (Lipinski definition) is 3. The van der Waals surface area contributed by atoms with Crippen molar-refractivity contribution >= 4 is 5.78 Å². The predicted octanol–water partition coefficient (Wildman–Crippen LogP) is 3.38. The van der Waals surface area contributed by atoms with Crippen LogP contribution in [0.2, 0.25) is 0 Å². The smallest absolute Gasteiger partial charge is 0.177 e. The molecule has 0 aromatic heterocycles. The summed E-state index contributed by atoms with van der Waals surface area (Å²) in [4.78, 5) is 14.7. The molecule has 1 aliphatic rings. The summed E-state index contributed by atoms with van der Waals surface area (Å²) in [6.07, 6.45) is 3.59. The maximum absolute atomic E-state index is 12.5. The van der Waals surface area contributed by atoms with Crippen LogP contribution < -0.4 is 0 Å². The molecule has 0 spiro atoms. The molecule has 1 atom stereocenters. The summed E-state index contributed by atoms with van der Waals surface area (Å²) in [5, 5.41) is 0. The molecule has 0 saturated carbocycles. The number of carbonyl (C=O) groups excluding carboxylic acids is 1. The molecule has 1 fully saturated rings. The van der Waals surface area contributed by atoms with Crippen molar-refractivity contribution in [2.75, 3.05) is 26.2 Å². The van der Waals surface area contributed by atoms with Crippen LogP contribution in [0.5, 0.6) is 0 Å². The lowest BCUT2D eigenvalue weighted by Crippen LogP contribution is -2.42. The fraction of sp³-hybridized carbons (Fsp3) is 0.611. The van der Waals surface area contributed by atoms with Crippen molar-refractivity contribution in [3.05, 3.63) is 34.9 Å². The summed E-state index contributed by atoms with van der Waals surface area (Å²) >= 11 is 0. The van der Waals surface area contributed by atoms with E-state index in [1.807, 2.05) is 19.1 Å². The van der Waals surface area contributed by atoms with Gasteiger partial charge in [0.15, 0.2) is 5.78 Å². The number of carbonyl (C=O) groups is 1. The van der Waals surface area contributed by atoms with E-state index in [0.717, 1.165) is 50.1 Å². The molecule has 1 saturated heterocycles. The highest BCUT2D eigenvalue weighted by Gasteiger charge is 2.22. The molecule has 0 aliphatic carbocycles. The first-order valence-electron chi connectivity index (χ1n) is 8.04. The minimum atomic E-state index is 0.226. The van der Waals surface area contributed by atoms with Gasteiger partial charge >= 0.3 is 0 Å². The quantitative estimate of drug-likeness (QED) is 0.752. The zero-order valence-electron chi connectivity index (χ0n) is 13.5. The van der Waals surface area contributed by atoms with Gasteiger partial charge in [0.1, 0.15) is 0 Å². The molecule has 1 aliphatic heterocycles. The van der Waals surface area contributed by atoms with Crippen molar-refractivity contribution in [1.82, 2.24) is 4.90 Å². The van der Waals surface area contributed by atoms with E-state index in [0.29, 0.717) is 12.6 Å². The van der Waals surface area contributed by atoms with Gasteiger partial charge in [-0.25, -0.2) is 0 Å². The Morgan fingerprint density at radius 3 is 2.90 bits per heavy atom. The van der Waals surface area contributed by atoms with Crippen LogP contribution in [0, 0.1) is 13.8 Å². The van der Waals surface area contributed by atoms with Gasteiger partial charge < -0.3 is 4.74 Å². The van der Waals surface area contributed by atoms with Crippen molar-refractivity contribution in [2.45, 2.75) is 46.1 Å². The van der Waals surface area contributed by atoms with Crippen molar-refractivity contribution in [3.8, 4) is 0 Å². The topological polar surface area (TPSA) is 29.5 Å². The van der Waals surface area contributed by atoms with Gasteiger partial charge in [0.2, 0.25) is 0 Å². The van der Waals surface area contributed by atoms with Crippen LogP contribution in [-0.2, 0) is 4.74 Å². The largest absolute Gasteiger partial charge is 0.377 e. The molecular formula is C18H27NO2. The lowest BCUT2D eigenvalue weighted by Gasteiger charge is -2.32. The minimum Gasteiger partial charge on any atom is -0.377 e. The third kappa shape index (κ3) is 4.65. The number of ketones is 1. The van der Waals surface area contributed by atoms with E-state index < -0.39 is 0 Å². The van der Waals surface area contributed by atoms with Gasteiger partial charge in [-0.15, -0.1) is 0 Å². The molecule has 0 N–H and O–H groups in total. The lowest BCUT2D eigenvalue weighted by atomic mass is 10.0. The molecule has 0 bridgehead atoms. The molecule has 21 heavy (non-hydrogen) atoms. The Kier molecular flexibility index (Phi) is 5.95. The number of Topliss-reactive ketones (excluding diaryl/α,β-unsaturated/α-hetero) is 1. The van der Waals surface area contributed by atoms with Crippen molar-refractivity contribution in [1.29, 1.82) is 0 Å². The molecule has 1 heterocycles. The molecule has 1 unspecified atom stereocenters. The number of likely N-dealkylation sites (tertiary alicyclic amines) is 1. The molecule has 3 heteroatoms. The number of piperidine rings is 1.